The Hall–Kier alpha value is -1.08. The first-order valence-corrected chi connectivity index (χ1v) is 4.33. The molecular formula is C11H13N. The third kappa shape index (κ3) is 1.28. The molecule has 0 unspecified atom stereocenters. The van der Waals surface area contributed by atoms with Crippen LogP contribution in [0.4, 0.5) is 0 Å². The topological polar surface area (TPSA) is 12.0 Å². The Morgan fingerprint density at radius 3 is 3.17 bits per heavy atom. The molecule has 0 bridgehead atoms. The quantitative estimate of drug-likeness (QED) is 0.695. The molecule has 0 saturated carbocycles. The van der Waals surface area contributed by atoms with Crippen molar-refractivity contribution < 1.29 is 0 Å². The number of nitrogens with one attached hydrogen (secondary N) is 1. The molecule has 1 heteroatoms. The van der Waals surface area contributed by atoms with Gasteiger partial charge in [-0.1, -0.05) is 30.4 Å². The maximum Gasteiger partial charge on any atom is 0.0202 e. The average molecular weight is 159 g/mol. The first kappa shape index (κ1) is 7.56. The van der Waals surface area contributed by atoms with Crippen molar-refractivity contribution in [1.82, 2.24) is 5.32 Å². The molecule has 0 heterocycles. The second-order valence-corrected chi connectivity index (χ2v) is 3.17. The highest BCUT2D eigenvalue weighted by Crippen LogP contribution is 2.20. The standard InChI is InChI=1S/C11H13N/c1-12-8-9-5-6-10-3-2-4-11(10)7-9/h2,4-7,12H,3,8H2,1H3. The zero-order valence-electron chi connectivity index (χ0n) is 7.30. The lowest BCUT2D eigenvalue weighted by Gasteiger charge is -2.03. The first-order valence-electron chi connectivity index (χ1n) is 4.33. The summed E-state index contributed by atoms with van der Waals surface area (Å²) in [6.45, 7) is 0.959. The van der Waals surface area contributed by atoms with Crippen LogP contribution in [0.2, 0.25) is 0 Å². The van der Waals surface area contributed by atoms with Crippen LogP contribution in [0.5, 0.6) is 0 Å². The second-order valence-electron chi connectivity index (χ2n) is 3.17. The maximum absolute atomic E-state index is 3.15. The highest BCUT2D eigenvalue weighted by Gasteiger charge is 2.04. The molecular weight excluding hydrogens is 146 g/mol. The van der Waals surface area contributed by atoms with Gasteiger partial charge in [0.1, 0.15) is 0 Å². The lowest BCUT2D eigenvalue weighted by Crippen LogP contribution is -2.05. The molecule has 1 aromatic rings. The fraction of sp³-hybridized carbons (Fsp3) is 0.273. The van der Waals surface area contributed by atoms with Crippen LogP contribution >= 0.6 is 0 Å². The Kier molecular flexibility index (Phi) is 1.96. The van der Waals surface area contributed by atoms with Gasteiger partial charge in [0.15, 0.2) is 0 Å². The fourth-order valence-corrected chi connectivity index (χ4v) is 1.61. The van der Waals surface area contributed by atoms with Gasteiger partial charge < -0.3 is 5.32 Å². The van der Waals surface area contributed by atoms with Crippen LogP contribution in [0.1, 0.15) is 16.7 Å². The van der Waals surface area contributed by atoms with E-state index < -0.39 is 0 Å². The van der Waals surface area contributed by atoms with Gasteiger partial charge in [0, 0.05) is 6.54 Å². The van der Waals surface area contributed by atoms with Crippen LogP contribution < -0.4 is 5.32 Å². The van der Waals surface area contributed by atoms with Crippen LogP contribution in [-0.2, 0) is 13.0 Å². The third-order valence-corrected chi connectivity index (χ3v) is 2.23. The Morgan fingerprint density at radius 1 is 1.42 bits per heavy atom. The van der Waals surface area contributed by atoms with Gasteiger partial charge >= 0.3 is 0 Å². The van der Waals surface area contributed by atoms with E-state index in [9.17, 15) is 0 Å². The van der Waals surface area contributed by atoms with Gasteiger partial charge in [-0.3, -0.25) is 0 Å². The molecule has 1 aromatic carbocycles. The molecule has 0 atom stereocenters. The summed E-state index contributed by atoms with van der Waals surface area (Å²) < 4.78 is 0. The Morgan fingerprint density at radius 2 is 2.33 bits per heavy atom. The summed E-state index contributed by atoms with van der Waals surface area (Å²) >= 11 is 0. The van der Waals surface area contributed by atoms with Crippen molar-refractivity contribution in [3.05, 3.63) is 41.0 Å². The predicted octanol–water partition coefficient (Wildman–Crippen LogP) is 1.98. The number of hydrogen-bond acceptors (Lipinski definition) is 1. The number of allylic oxidation sites excluding steroid dienone is 1. The largest absolute Gasteiger partial charge is 0.316 e. The Balaban J connectivity index is 2.31. The normalized spacial score (nSPS) is 13.4. The zero-order valence-corrected chi connectivity index (χ0v) is 7.30. The van der Waals surface area contributed by atoms with Crippen molar-refractivity contribution in [1.29, 1.82) is 0 Å². The maximum atomic E-state index is 3.15. The molecule has 2 rings (SSSR count). The third-order valence-electron chi connectivity index (χ3n) is 2.23. The van der Waals surface area contributed by atoms with E-state index in [4.69, 9.17) is 0 Å². The van der Waals surface area contributed by atoms with Crippen molar-refractivity contribution in [3.63, 3.8) is 0 Å². The summed E-state index contributed by atoms with van der Waals surface area (Å²) in [6, 6.07) is 6.68. The highest BCUT2D eigenvalue weighted by molar-refractivity contribution is 5.60. The van der Waals surface area contributed by atoms with Crippen LogP contribution in [0.15, 0.2) is 24.3 Å². The smallest absolute Gasteiger partial charge is 0.0202 e. The molecule has 1 aliphatic carbocycles. The minimum atomic E-state index is 0.959. The van der Waals surface area contributed by atoms with E-state index in [1.54, 1.807) is 0 Å². The highest BCUT2D eigenvalue weighted by atomic mass is 14.8. The number of rotatable bonds is 2. The molecule has 12 heavy (non-hydrogen) atoms. The molecule has 1 nitrogen and oxygen atoms in total. The van der Waals surface area contributed by atoms with Gasteiger partial charge in [0.2, 0.25) is 0 Å². The van der Waals surface area contributed by atoms with Gasteiger partial charge in [-0.05, 0) is 30.2 Å². The molecule has 0 fully saturated rings. The number of hydrogen-bond donors (Lipinski definition) is 1. The molecule has 62 valence electrons. The fourth-order valence-electron chi connectivity index (χ4n) is 1.61. The molecule has 0 amide bonds. The van der Waals surface area contributed by atoms with Crippen LogP contribution in [0.25, 0.3) is 6.08 Å². The van der Waals surface area contributed by atoms with Crippen molar-refractivity contribution in [2.45, 2.75) is 13.0 Å². The van der Waals surface area contributed by atoms with Gasteiger partial charge in [0.05, 0.1) is 0 Å². The monoisotopic (exact) mass is 159 g/mol. The summed E-state index contributed by atoms with van der Waals surface area (Å²) in [5, 5.41) is 3.15. The molecule has 1 aliphatic rings. The SMILES string of the molecule is CNCc1ccc2c(c1)C=CC2. The lowest BCUT2D eigenvalue weighted by atomic mass is 10.1. The van der Waals surface area contributed by atoms with E-state index in [0.29, 0.717) is 0 Å². The van der Waals surface area contributed by atoms with Crippen LogP contribution in [0, 0.1) is 0 Å². The van der Waals surface area contributed by atoms with E-state index in [1.165, 1.54) is 16.7 Å². The molecule has 0 saturated heterocycles. The Bertz CT molecular complexity index is 313. The van der Waals surface area contributed by atoms with Crippen molar-refractivity contribution in [3.8, 4) is 0 Å². The van der Waals surface area contributed by atoms with Crippen LogP contribution in [0.3, 0.4) is 0 Å². The van der Waals surface area contributed by atoms with E-state index in [2.05, 4.69) is 35.7 Å². The number of benzene rings is 1. The summed E-state index contributed by atoms with van der Waals surface area (Å²) in [5.74, 6) is 0. The van der Waals surface area contributed by atoms with Gasteiger partial charge in [-0.2, -0.15) is 0 Å². The summed E-state index contributed by atoms with van der Waals surface area (Å²) in [4.78, 5) is 0. The Labute approximate surface area is 73.1 Å². The molecule has 1 N–H and O–H groups in total. The van der Waals surface area contributed by atoms with Crippen molar-refractivity contribution in [2.24, 2.45) is 0 Å². The first-order chi connectivity index (χ1) is 5.90. The van der Waals surface area contributed by atoms with Crippen LogP contribution in [-0.4, -0.2) is 7.05 Å². The number of fused-ring (bicyclic) bond motifs is 1. The molecule has 0 aliphatic heterocycles. The van der Waals surface area contributed by atoms with Gasteiger partial charge in [-0.25, -0.2) is 0 Å². The summed E-state index contributed by atoms with van der Waals surface area (Å²) in [7, 11) is 1.98. The van der Waals surface area contributed by atoms with Crippen molar-refractivity contribution in [2.75, 3.05) is 7.05 Å². The van der Waals surface area contributed by atoms with Gasteiger partial charge in [-0.15, -0.1) is 0 Å². The zero-order chi connectivity index (χ0) is 8.39. The van der Waals surface area contributed by atoms with Gasteiger partial charge in [0.25, 0.3) is 0 Å². The minimum Gasteiger partial charge on any atom is -0.316 e. The van der Waals surface area contributed by atoms with E-state index >= 15 is 0 Å². The van der Waals surface area contributed by atoms with E-state index in [0.717, 1.165) is 13.0 Å². The summed E-state index contributed by atoms with van der Waals surface area (Å²) in [6.07, 6.45) is 5.53. The van der Waals surface area contributed by atoms with Crippen molar-refractivity contribution >= 4 is 6.08 Å². The molecule has 0 aromatic heterocycles. The average Bonchev–Trinajstić information content (AvgIpc) is 2.51. The molecule has 0 radical (unpaired) electrons. The van der Waals surface area contributed by atoms with E-state index in [1.807, 2.05) is 7.05 Å². The predicted molar refractivity (Wildman–Crippen MR) is 51.9 cm³/mol. The molecule has 0 spiro atoms. The minimum absolute atomic E-state index is 0.959. The van der Waals surface area contributed by atoms with E-state index in [-0.39, 0.29) is 0 Å². The summed E-state index contributed by atoms with van der Waals surface area (Å²) in [5.41, 5.74) is 4.21. The second kappa shape index (κ2) is 3.11. The lowest BCUT2D eigenvalue weighted by molar-refractivity contribution is 0.817.